The molecule has 3 nitrogen and oxygen atoms in total. The minimum absolute atomic E-state index is 0.773. The largest absolute Gasteiger partial charge is 0.302 e. The number of halogens is 1. The molecule has 0 spiro atoms. The van der Waals surface area contributed by atoms with Crippen LogP contribution in [0.2, 0.25) is 0 Å². The molecule has 0 bridgehead atoms. The summed E-state index contributed by atoms with van der Waals surface area (Å²) in [6.07, 6.45) is 9.79. The van der Waals surface area contributed by atoms with E-state index >= 15 is 0 Å². The first-order chi connectivity index (χ1) is 11.8. The highest BCUT2D eigenvalue weighted by Gasteiger charge is 2.19. The third-order valence-electron chi connectivity index (χ3n) is 4.56. The summed E-state index contributed by atoms with van der Waals surface area (Å²) in [6, 6.07) is 8.43. The molecule has 5 heteroatoms. The van der Waals surface area contributed by atoms with Crippen LogP contribution in [-0.4, -0.2) is 14.8 Å². The lowest BCUT2D eigenvalue weighted by Gasteiger charge is -2.21. The van der Waals surface area contributed by atoms with Gasteiger partial charge in [0.1, 0.15) is 5.82 Å². The minimum atomic E-state index is 0.773. The molecule has 0 radical (unpaired) electrons. The van der Waals surface area contributed by atoms with Gasteiger partial charge >= 0.3 is 0 Å². The Bertz CT molecular complexity index is 677. The number of allylic oxidation sites excluding steroid dienone is 1. The van der Waals surface area contributed by atoms with Gasteiger partial charge in [0, 0.05) is 23.2 Å². The van der Waals surface area contributed by atoms with Crippen molar-refractivity contribution in [3.8, 4) is 0 Å². The van der Waals surface area contributed by atoms with Gasteiger partial charge in [-0.25, -0.2) is 0 Å². The Balaban J connectivity index is 1.69. The summed E-state index contributed by atoms with van der Waals surface area (Å²) >= 11 is 5.28. The maximum atomic E-state index is 4.49. The molecule has 0 atom stereocenters. The molecule has 3 rings (SSSR count). The van der Waals surface area contributed by atoms with E-state index in [0.29, 0.717) is 0 Å². The van der Waals surface area contributed by atoms with Crippen molar-refractivity contribution in [2.45, 2.75) is 56.0 Å². The lowest BCUT2D eigenvalue weighted by molar-refractivity contribution is 0.347. The van der Waals surface area contributed by atoms with Crippen molar-refractivity contribution in [2.24, 2.45) is 5.92 Å². The van der Waals surface area contributed by atoms with Crippen LogP contribution in [0.25, 0.3) is 0 Å². The van der Waals surface area contributed by atoms with Gasteiger partial charge in [0.25, 0.3) is 0 Å². The van der Waals surface area contributed by atoms with E-state index in [9.17, 15) is 0 Å². The van der Waals surface area contributed by atoms with Crippen LogP contribution < -0.4 is 0 Å². The van der Waals surface area contributed by atoms with Gasteiger partial charge in [-0.2, -0.15) is 0 Å². The number of benzene rings is 1. The highest BCUT2D eigenvalue weighted by atomic mass is 79.9. The molecule has 1 fully saturated rings. The molecule has 1 aromatic carbocycles. The average Bonchev–Trinajstić information content (AvgIpc) is 2.96. The number of aromatic nitrogens is 3. The summed E-state index contributed by atoms with van der Waals surface area (Å²) < 4.78 is 3.36. The molecule has 0 saturated heterocycles. The molecule has 1 saturated carbocycles. The number of nitrogens with zero attached hydrogens (tertiary/aromatic N) is 3. The molecular weight excluding hydrogens is 382 g/mol. The fraction of sp³-hybridized carbons (Fsp3) is 0.474. The van der Waals surface area contributed by atoms with E-state index in [1.54, 1.807) is 11.8 Å². The van der Waals surface area contributed by atoms with E-state index in [4.69, 9.17) is 0 Å². The van der Waals surface area contributed by atoms with E-state index in [0.717, 1.165) is 40.1 Å². The van der Waals surface area contributed by atoms with Gasteiger partial charge in [-0.3, -0.25) is 0 Å². The second-order valence-electron chi connectivity index (χ2n) is 6.42. The minimum Gasteiger partial charge on any atom is -0.302 e. The van der Waals surface area contributed by atoms with E-state index in [-0.39, 0.29) is 0 Å². The van der Waals surface area contributed by atoms with Crippen molar-refractivity contribution in [1.29, 1.82) is 0 Å². The maximum Gasteiger partial charge on any atom is 0.191 e. The monoisotopic (exact) mass is 405 g/mol. The van der Waals surface area contributed by atoms with Crippen LogP contribution in [0.1, 0.15) is 43.5 Å². The topological polar surface area (TPSA) is 30.7 Å². The molecule has 24 heavy (non-hydrogen) atoms. The van der Waals surface area contributed by atoms with Gasteiger partial charge in [0.15, 0.2) is 5.16 Å². The molecule has 1 aliphatic carbocycles. The Morgan fingerprint density at radius 3 is 2.83 bits per heavy atom. The fourth-order valence-electron chi connectivity index (χ4n) is 3.31. The molecule has 1 heterocycles. The Labute approximate surface area is 157 Å². The van der Waals surface area contributed by atoms with Crippen molar-refractivity contribution in [2.75, 3.05) is 0 Å². The quantitative estimate of drug-likeness (QED) is 0.440. The number of thioether (sulfide) groups is 1. The van der Waals surface area contributed by atoms with Gasteiger partial charge < -0.3 is 4.57 Å². The Kier molecular flexibility index (Phi) is 6.55. The van der Waals surface area contributed by atoms with Crippen LogP contribution in [-0.2, 0) is 18.7 Å². The summed E-state index contributed by atoms with van der Waals surface area (Å²) in [6.45, 7) is 4.69. The SMILES string of the molecule is C=CCn1c(CC2CCCCC2)nnc1SCc1cccc(Br)c1. The van der Waals surface area contributed by atoms with E-state index < -0.39 is 0 Å². The zero-order valence-corrected chi connectivity index (χ0v) is 16.4. The fourth-order valence-corrected chi connectivity index (χ4v) is 4.67. The van der Waals surface area contributed by atoms with E-state index in [2.05, 4.69) is 61.5 Å². The summed E-state index contributed by atoms with van der Waals surface area (Å²) in [4.78, 5) is 0. The predicted octanol–water partition coefficient (Wildman–Crippen LogP) is 5.64. The lowest BCUT2D eigenvalue weighted by Crippen LogP contribution is -2.13. The molecule has 128 valence electrons. The standard InChI is InChI=1S/C19H24BrN3S/c1-2-11-23-18(13-15-7-4-3-5-8-15)21-22-19(23)24-14-16-9-6-10-17(20)12-16/h2,6,9-10,12,15H,1,3-5,7-8,11,13-14H2. The number of hydrogen-bond donors (Lipinski definition) is 0. The summed E-state index contributed by atoms with van der Waals surface area (Å²) in [5.74, 6) is 2.80. The maximum absolute atomic E-state index is 4.49. The van der Waals surface area contributed by atoms with Crippen molar-refractivity contribution >= 4 is 27.7 Å². The predicted molar refractivity (Wildman–Crippen MR) is 104 cm³/mol. The highest BCUT2D eigenvalue weighted by molar-refractivity contribution is 9.10. The summed E-state index contributed by atoms with van der Waals surface area (Å²) in [5, 5.41) is 9.95. The first-order valence-corrected chi connectivity index (χ1v) is 10.4. The van der Waals surface area contributed by atoms with Crippen LogP contribution in [0.4, 0.5) is 0 Å². The third-order valence-corrected chi connectivity index (χ3v) is 6.09. The van der Waals surface area contributed by atoms with Gasteiger partial charge in [-0.15, -0.1) is 16.8 Å². The molecule has 1 aromatic heterocycles. The summed E-state index contributed by atoms with van der Waals surface area (Å²) in [7, 11) is 0. The first-order valence-electron chi connectivity index (χ1n) is 8.66. The zero-order chi connectivity index (χ0) is 16.8. The summed E-state index contributed by atoms with van der Waals surface area (Å²) in [5.41, 5.74) is 1.29. The molecule has 0 N–H and O–H groups in total. The first kappa shape index (κ1) is 17.7. The van der Waals surface area contributed by atoms with Crippen LogP contribution in [0, 0.1) is 5.92 Å². The molecule has 0 aliphatic heterocycles. The van der Waals surface area contributed by atoms with Crippen molar-refractivity contribution in [3.63, 3.8) is 0 Å². The smallest absolute Gasteiger partial charge is 0.191 e. The average molecular weight is 406 g/mol. The number of rotatable bonds is 7. The van der Waals surface area contributed by atoms with Gasteiger partial charge in [0.2, 0.25) is 0 Å². The number of hydrogen-bond acceptors (Lipinski definition) is 3. The lowest BCUT2D eigenvalue weighted by atomic mass is 9.87. The van der Waals surface area contributed by atoms with Crippen molar-refractivity contribution in [1.82, 2.24) is 14.8 Å². The van der Waals surface area contributed by atoms with Crippen LogP contribution in [0.3, 0.4) is 0 Å². The second kappa shape index (κ2) is 8.86. The van der Waals surface area contributed by atoms with Gasteiger partial charge in [-0.05, 0) is 23.6 Å². The Morgan fingerprint density at radius 2 is 2.08 bits per heavy atom. The van der Waals surface area contributed by atoms with Crippen LogP contribution in [0.15, 0.2) is 46.5 Å². The highest BCUT2D eigenvalue weighted by Crippen LogP contribution is 2.28. The Hall–Kier alpha value is -1.07. The van der Waals surface area contributed by atoms with Crippen molar-refractivity contribution < 1.29 is 0 Å². The molecule has 2 aromatic rings. The third kappa shape index (κ3) is 4.73. The molecule has 1 aliphatic rings. The zero-order valence-electron chi connectivity index (χ0n) is 14.0. The van der Waals surface area contributed by atoms with E-state index in [1.165, 1.54) is 37.7 Å². The molecule has 0 amide bonds. The van der Waals surface area contributed by atoms with Gasteiger partial charge in [0.05, 0.1) is 0 Å². The van der Waals surface area contributed by atoms with Crippen molar-refractivity contribution in [3.05, 3.63) is 52.8 Å². The molecular formula is C19H24BrN3S. The molecule has 0 unspecified atom stereocenters. The van der Waals surface area contributed by atoms with Crippen LogP contribution in [0.5, 0.6) is 0 Å². The van der Waals surface area contributed by atoms with E-state index in [1.807, 2.05) is 6.08 Å². The second-order valence-corrected chi connectivity index (χ2v) is 8.28. The Morgan fingerprint density at radius 1 is 1.25 bits per heavy atom. The van der Waals surface area contributed by atoms with Crippen LogP contribution >= 0.6 is 27.7 Å². The van der Waals surface area contributed by atoms with Gasteiger partial charge in [-0.1, -0.05) is 78.0 Å². The normalized spacial score (nSPS) is 15.5.